The van der Waals surface area contributed by atoms with Crippen molar-refractivity contribution in [2.75, 3.05) is 6.54 Å². The van der Waals surface area contributed by atoms with Crippen LogP contribution in [0.2, 0.25) is 0 Å². The maximum atomic E-state index is 13.2. The maximum absolute atomic E-state index is 13.2. The van der Waals surface area contributed by atoms with Crippen LogP contribution in [-0.2, 0) is 22.7 Å². The Labute approximate surface area is 170 Å². The third-order valence-corrected chi connectivity index (χ3v) is 5.78. The zero-order valence-electron chi connectivity index (χ0n) is 16.3. The number of nitrogens with one attached hydrogen (secondary N) is 1. The van der Waals surface area contributed by atoms with E-state index in [4.69, 9.17) is 0 Å². The summed E-state index contributed by atoms with van der Waals surface area (Å²) in [6, 6.07) is 19.0. The molecule has 0 unspecified atom stereocenters. The molecule has 29 heavy (non-hydrogen) atoms. The number of urea groups is 1. The van der Waals surface area contributed by atoms with E-state index in [2.05, 4.69) is 5.32 Å². The van der Waals surface area contributed by atoms with Crippen LogP contribution in [0, 0.1) is 0 Å². The second kappa shape index (κ2) is 8.07. The quantitative estimate of drug-likeness (QED) is 0.770. The van der Waals surface area contributed by atoms with Crippen LogP contribution in [0.4, 0.5) is 4.79 Å². The van der Waals surface area contributed by atoms with Gasteiger partial charge in [-0.3, -0.25) is 14.5 Å². The molecule has 1 saturated heterocycles. The monoisotopic (exact) mass is 391 g/mol. The van der Waals surface area contributed by atoms with Gasteiger partial charge in [0, 0.05) is 13.1 Å². The highest BCUT2D eigenvalue weighted by Crippen LogP contribution is 2.35. The number of amides is 4. The van der Waals surface area contributed by atoms with Crippen LogP contribution in [0.15, 0.2) is 60.7 Å². The number of benzene rings is 2. The Balaban J connectivity index is 1.51. The SMILES string of the molecule is O=C(CN1C(=O)NC2(CCCC2)C1=O)N(Cc1ccccc1)Cc1ccccc1. The minimum atomic E-state index is -0.791. The molecule has 2 fully saturated rings. The van der Waals surface area contributed by atoms with Crippen molar-refractivity contribution in [1.82, 2.24) is 15.1 Å². The molecule has 4 amide bonds. The smallest absolute Gasteiger partial charge is 0.325 e. The predicted octanol–water partition coefficient (Wildman–Crippen LogP) is 3.08. The van der Waals surface area contributed by atoms with E-state index in [9.17, 15) is 14.4 Å². The molecule has 0 atom stereocenters. The van der Waals surface area contributed by atoms with Crippen molar-refractivity contribution in [3.8, 4) is 0 Å². The van der Waals surface area contributed by atoms with E-state index in [-0.39, 0.29) is 18.4 Å². The zero-order valence-corrected chi connectivity index (χ0v) is 16.3. The van der Waals surface area contributed by atoms with Gasteiger partial charge < -0.3 is 10.2 Å². The summed E-state index contributed by atoms with van der Waals surface area (Å²) in [5.74, 6) is -0.496. The van der Waals surface area contributed by atoms with E-state index in [1.165, 1.54) is 0 Å². The fourth-order valence-electron chi connectivity index (χ4n) is 4.21. The summed E-state index contributed by atoms with van der Waals surface area (Å²) in [7, 11) is 0. The van der Waals surface area contributed by atoms with Crippen molar-refractivity contribution < 1.29 is 14.4 Å². The zero-order chi connectivity index (χ0) is 20.3. The number of carbonyl (C=O) groups is 3. The summed E-state index contributed by atoms with van der Waals surface area (Å²) in [6.45, 7) is 0.610. The van der Waals surface area contributed by atoms with Gasteiger partial charge in [0.15, 0.2) is 0 Å². The molecule has 2 aliphatic rings. The van der Waals surface area contributed by atoms with Crippen molar-refractivity contribution in [3.05, 3.63) is 71.8 Å². The van der Waals surface area contributed by atoms with Gasteiger partial charge in [0.1, 0.15) is 12.1 Å². The van der Waals surface area contributed by atoms with E-state index in [1.807, 2.05) is 60.7 Å². The second-order valence-electron chi connectivity index (χ2n) is 7.83. The highest BCUT2D eigenvalue weighted by molar-refractivity contribution is 6.09. The lowest BCUT2D eigenvalue weighted by atomic mass is 9.98. The molecule has 1 aliphatic carbocycles. The van der Waals surface area contributed by atoms with Gasteiger partial charge in [0.25, 0.3) is 5.91 Å². The molecule has 1 saturated carbocycles. The highest BCUT2D eigenvalue weighted by Gasteiger charge is 2.52. The summed E-state index contributed by atoms with van der Waals surface area (Å²) in [5, 5.41) is 2.84. The molecule has 1 heterocycles. The largest absolute Gasteiger partial charge is 0.332 e. The first-order chi connectivity index (χ1) is 14.1. The lowest BCUT2D eigenvalue weighted by Gasteiger charge is -2.25. The topological polar surface area (TPSA) is 69.7 Å². The number of rotatable bonds is 6. The van der Waals surface area contributed by atoms with Crippen molar-refractivity contribution in [2.24, 2.45) is 0 Å². The van der Waals surface area contributed by atoms with E-state index < -0.39 is 11.6 Å². The van der Waals surface area contributed by atoms with Gasteiger partial charge in [0.05, 0.1) is 0 Å². The van der Waals surface area contributed by atoms with Gasteiger partial charge in [-0.2, -0.15) is 0 Å². The maximum Gasteiger partial charge on any atom is 0.325 e. The average Bonchev–Trinajstić information content (AvgIpc) is 3.29. The molecule has 1 aliphatic heterocycles. The summed E-state index contributed by atoms with van der Waals surface area (Å²) >= 11 is 0. The molecule has 0 bridgehead atoms. The first kappa shape index (κ1) is 19.2. The second-order valence-corrected chi connectivity index (χ2v) is 7.83. The van der Waals surface area contributed by atoms with Gasteiger partial charge in [-0.05, 0) is 24.0 Å². The molecule has 1 spiro atoms. The molecular weight excluding hydrogens is 366 g/mol. The predicted molar refractivity (Wildman–Crippen MR) is 109 cm³/mol. The Morgan fingerprint density at radius 1 is 0.897 bits per heavy atom. The van der Waals surface area contributed by atoms with Crippen molar-refractivity contribution in [1.29, 1.82) is 0 Å². The molecule has 0 aromatic heterocycles. The Morgan fingerprint density at radius 2 is 1.41 bits per heavy atom. The first-order valence-electron chi connectivity index (χ1n) is 10.1. The number of hydrogen-bond donors (Lipinski definition) is 1. The van der Waals surface area contributed by atoms with Crippen LogP contribution in [0.5, 0.6) is 0 Å². The van der Waals surface area contributed by atoms with Gasteiger partial charge in [-0.15, -0.1) is 0 Å². The molecule has 4 rings (SSSR count). The summed E-state index contributed by atoms with van der Waals surface area (Å²) in [6.07, 6.45) is 3.14. The first-order valence-corrected chi connectivity index (χ1v) is 10.1. The van der Waals surface area contributed by atoms with E-state index in [0.29, 0.717) is 25.9 Å². The Bertz CT molecular complexity index is 851. The third-order valence-electron chi connectivity index (χ3n) is 5.78. The summed E-state index contributed by atoms with van der Waals surface area (Å²) < 4.78 is 0. The van der Waals surface area contributed by atoms with E-state index in [0.717, 1.165) is 28.9 Å². The normalized spacial score (nSPS) is 17.6. The standard InChI is InChI=1S/C23H25N3O3/c27-20(17-26-21(28)23(24-22(26)29)13-7-8-14-23)25(15-18-9-3-1-4-10-18)16-19-11-5-2-6-12-19/h1-6,9-12H,7-8,13-17H2,(H,24,29). The molecular formula is C23H25N3O3. The fourth-order valence-corrected chi connectivity index (χ4v) is 4.21. The van der Waals surface area contributed by atoms with Crippen LogP contribution in [0.25, 0.3) is 0 Å². The minimum absolute atomic E-state index is 0.230. The van der Waals surface area contributed by atoms with Crippen LogP contribution in [-0.4, -0.2) is 39.7 Å². The fraction of sp³-hybridized carbons (Fsp3) is 0.348. The Kier molecular flexibility index (Phi) is 5.34. The Hall–Kier alpha value is -3.15. The lowest BCUT2D eigenvalue weighted by Crippen LogP contribution is -2.45. The molecule has 2 aromatic rings. The molecule has 6 nitrogen and oxygen atoms in total. The van der Waals surface area contributed by atoms with Gasteiger partial charge >= 0.3 is 6.03 Å². The average molecular weight is 391 g/mol. The Morgan fingerprint density at radius 3 is 1.93 bits per heavy atom. The molecule has 0 radical (unpaired) electrons. The molecule has 1 N–H and O–H groups in total. The van der Waals surface area contributed by atoms with E-state index in [1.54, 1.807) is 4.90 Å². The van der Waals surface area contributed by atoms with Gasteiger partial charge in [-0.1, -0.05) is 73.5 Å². The summed E-state index contributed by atoms with van der Waals surface area (Å²) in [4.78, 5) is 41.3. The van der Waals surface area contributed by atoms with Gasteiger partial charge in [-0.25, -0.2) is 4.79 Å². The van der Waals surface area contributed by atoms with Crippen LogP contribution in [0.3, 0.4) is 0 Å². The number of nitrogens with zero attached hydrogens (tertiary/aromatic N) is 2. The number of imide groups is 1. The molecule has 6 heteroatoms. The highest BCUT2D eigenvalue weighted by atomic mass is 16.2. The van der Waals surface area contributed by atoms with Crippen LogP contribution < -0.4 is 5.32 Å². The van der Waals surface area contributed by atoms with E-state index >= 15 is 0 Å². The van der Waals surface area contributed by atoms with Crippen molar-refractivity contribution in [3.63, 3.8) is 0 Å². The number of hydrogen-bond acceptors (Lipinski definition) is 3. The van der Waals surface area contributed by atoms with Crippen LogP contribution in [0.1, 0.15) is 36.8 Å². The molecule has 150 valence electrons. The van der Waals surface area contributed by atoms with Crippen molar-refractivity contribution in [2.45, 2.75) is 44.3 Å². The minimum Gasteiger partial charge on any atom is -0.332 e. The lowest BCUT2D eigenvalue weighted by molar-refractivity contribution is -0.139. The number of carbonyl (C=O) groups excluding carboxylic acids is 3. The summed E-state index contributed by atoms with van der Waals surface area (Å²) in [5.41, 5.74) is 1.21. The molecule has 2 aromatic carbocycles. The van der Waals surface area contributed by atoms with Gasteiger partial charge in [0.2, 0.25) is 5.91 Å². The van der Waals surface area contributed by atoms with Crippen molar-refractivity contribution >= 4 is 17.8 Å². The third kappa shape index (κ3) is 4.01. The van der Waals surface area contributed by atoms with Crippen LogP contribution >= 0.6 is 0 Å².